The van der Waals surface area contributed by atoms with E-state index in [4.69, 9.17) is 0 Å². The number of carboxylic acids is 1. The van der Waals surface area contributed by atoms with Crippen molar-refractivity contribution in [1.29, 1.82) is 0 Å². The van der Waals surface area contributed by atoms with Crippen molar-refractivity contribution in [3.63, 3.8) is 0 Å². The van der Waals surface area contributed by atoms with Crippen molar-refractivity contribution in [2.45, 2.75) is 11.8 Å². The van der Waals surface area contributed by atoms with Gasteiger partial charge in [-0.3, -0.25) is 4.90 Å². The van der Waals surface area contributed by atoms with Gasteiger partial charge in [0.15, 0.2) is 4.87 Å². The number of anilines is 1. The largest absolute Gasteiger partial charge is 0.479 e. The Morgan fingerprint density at radius 3 is 2.67 bits per heavy atom. The van der Waals surface area contributed by atoms with Crippen LogP contribution in [-0.2, 0) is 4.79 Å². The second-order valence-corrected chi connectivity index (χ2v) is 5.58. The summed E-state index contributed by atoms with van der Waals surface area (Å²) in [7, 11) is 0. The fourth-order valence-corrected chi connectivity index (χ4v) is 2.94. The molecular formula is C12H14N2O3S. The van der Waals surface area contributed by atoms with Gasteiger partial charge >= 0.3 is 12.0 Å². The number of rotatable bonds is 2. The highest BCUT2D eigenvalue weighted by molar-refractivity contribution is 8.01. The molecule has 1 atom stereocenters. The molecule has 2 rings (SSSR count). The number of carboxylic acid groups (broad SMARTS) is 1. The molecular weight excluding hydrogens is 252 g/mol. The van der Waals surface area contributed by atoms with Gasteiger partial charge in [0, 0.05) is 18.0 Å². The SMILES string of the molecule is CC1(C(=O)O)SCCN1C(=O)Nc1ccccc1. The molecule has 0 spiro atoms. The van der Waals surface area contributed by atoms with Gasteiger partial charge in [-0.25, -0.2) is 9.59 Å². The summed E-state index contributed by atoms with van der Waals surface area (Å²) in [6, 6.07) is 8.62. The third-order valence-corrected chi connectivity index (χ3v) is 4.22. The van der Waals surface area contributed by atoms with Crippen LogP contribution in [-0.4, -0.2) is 39.2 Å². The third kappa shape index (κ3) is 2.28. The molecule has 0 saturated carbocycles. The Labute approximate surface area is 109 Å². The maximum Gasteiger partial charge on any atom is 0.340 e. The maximum atomic E-state index is 12.1. The molecule has 0 aliphatic carbocycles. The molecule has 1 fully saturated rings. The average molecular weight is 266 g/mol. The highest BCUT2D eigenvalue weighted by atomic mass is 32.2. The topological polar surface area (TPSA) is 69.6 Å². The van der Waals surface area contributed by atoms with E-state index in [0.717, 1.165) is 0 Å². The summed E-state index contributed by atoms with van der Waals surface area (Å²) in [5.41, 5.74) is 0.659. The number of para-hydroxylation sites is 1. The van der Waals surface area contributed by atoms with Crippen LogP contribution in [0.15, 0.2) is 30.3 Å². The summed E-state index contributed by atoms with van der Waals surface area (Å²) < 4.78 is 0. The predicted molar refractivity (Wildman–Crippen MR) is 70.7 cm³/mol. The number of aliphatic carboxylic acids is 1. The number of urea groups is 1. The van der Waals surface area contributed by atoms with Crippen LogP contribution in [0.1, 0.15) is 6.92 Å². The van der Waals surface area contributed by atoms with Crippen molar-refractivity contribution in [2.24, 2.45) is 0 Å². The fraction of sp³-hybridized carbons (Fsp3) is 0.333. The normalized spacial score (nSPS) is 22.8. The maximum absolute atomic E-state index is 12.1. The highest BCUT2D eigenvalue weighted by Gasteiger charge is 2.47. The molecule has 96 valence electrons. The molecule has 6 heteroatoms. The van der Waals surface area contributed by atoms with Crippen LogP contribution >= 0.6 is 11.8 Å². The summed E-state index contributed by atoms with van der Waals surface area (Å²) in [6.45, 7) is 1.99. The van der Waals surface area contributed by atoms with Crippen LogP contribution in [0, 0.1) is 0 Å². The molecule has 5 nitrogen and oxygen atoms in total. The minimum Gasteiger partial charge on any atom is -0.479 e. The van der Waals surface area contributed by atoms with Crippen LogP contribution in [0.5, 0.6) is 0 Å². The molecule has 0 radical (unpaired) electrons. The summed E-state index contributed by atoms with van der Waals surface area (Å²) in [6.07, 6.45) is 0. The van der Waals surface area contributed by atoms with Crippen LogP contribution in [0.4, 0.5) is 10.5 Å². The molecule has 2 N–H and O–H groups in total. The number of amides is 2. The highest BCUT2D eigenvalue weighted by Crippen LogP contribution is 2.36. The summed E-state index contributed by atoms with van der Waals surface area (Å²) in [5.74, 6) is -0.362. The van der Waals surface area contributed by atoms with Gasteiger partial charge in [-0.15, -0.1) is 11.8 Å². The van der Waals surface area contributed by atoms with Crippen LogP contribution < -0.4 is 5.32 Å². The molecule has 2 amide bonds. The van der Waals surface area contributed by atoms with E-state index >= 15 is 0 Å². The van der Waals surface area contributed by atoms with E-state index in [1.165, 1.54) is 16.7 Å². The zero-order valence-corrected chi connectivity index (χ0v) is 10.7. The number of nitrogens with one attached hydrogen (secondary N) is 1. The molecule has 0 aromatic heterocycles. The van der Waals surface area contributed by atoms with E-state index in [-0.39, 0.29) is 6.03 Å². The standard InChI is InChI=1S/C12H14N2O3S/c1-12(10(15)16)14(7-8-18-12)11(17)13-9-5-3-2-4-6-9/h2-6H,7-8H2,1H3,(H,13,17)(H,15,16). The number of nitrogens with zero attached hydrogens (tertiary/aromatic N) is 1. The average Bonchev–Trinajstić information content (AvgIpc) is 2.74. The molecule has 1 aliphatic heterocycles. The first-order valence-corrected chi connectivity index (χ1v) is 6.53. The van der Waals surface area contributed by atoms with Gasteiger partial charge in [0.2, 0.25) is 0 Å². The van der Waals surface area contributed by atoms with Gasteiger partial charge < -0.3 is 10.4 Å². The number of carbonyl (C=O) groups is 2. The summed E-state index contributed by atoms with van der Waals surface area (Å²) >= 11 is 1.27. The number of hydrogen-bond acceptors (Lipinski definition) is 3. The number of carbonyl (C=O) groups excluding carboxylic acids is 1. The van der Waals surface area contributed by atoms with Gasteiger partial charge in [0.25, 0.3) is 0 Å². The van der Waals surface area contributed by atoms with Crippen LogP contribution in [0.25, 0.3) is 0 Å². The van der Waals surface area contributed by atoms with E-state index in [0.29, 0.717) is 18.0 Å². The first-order chi connectivity index (χ1) is 8.54. The molecule has 1 saturated heterocycles. The molecule has 1 unspecified atom stereocenters. The van der Waals surface area contributed by atoms with Gasteiger partial charge in [-0.05, 0) is 19.1 Å². The van der Waals surface area contributed by atoms with Crippen molar-refractivity contribution >= 4 is 29.4 Å². The molecule has 1 heterocycles. The Morgan fingerprint density at radius 1 is 1.39 bits per heavy atom. The first kappa shape index (κ1) is 12.8. The van der Waals surface area contributed by atoms with Crippen molar-refractivity contribution in [3.8, 4) is 0 Å². The lowest BCUT2D eigenvalue weighted by Crippen LogP contribution is -2.50. The molecule has 1 aliphatic rings. The van der Waals surface area contributed by atoms with Crippen molar-refractivity contribution in [2.75, 3.05) is 17.6 Å². The number of thioether (sulfide) groups is 1. The monoisotopic (exact) mass is 266 g/mol. The number of hydrogen-bond donors (Lipinski definition) is 2. The Kier molecular flexibility index (Phi) is 3.47. The van der Waals surface area contributed by atoms with E-state index in [1.54, 1.807) is 19.1 Å². The second kappa shape index (κ2) is 4.89. The predicted octanol–water partition coefficient (Wildman–Crippen LogP) is 2.07. The zero-order chi connectivity index (χ0) is 13.2. The molecule has 1 aromatic rings. The summed E-state index contributed by atoms with van der Waals surface area (Å²) in [5, 5.41) is 11.9. The van der Waals surface area contributed by atoms with E-state index < -0.39 is 10.8 Å². The quantitative estimate of drug-likeness (QED) is 0.859. The molecule has 18 heavy (non-hydrogen) atoms. The smallest absolute Gasteiger partial charge is 0.340 e. The first-order valence-electron chi connectivity index (χ1n) is 5.55. The minimum absolute atomic E-state index is 0.379. The van der Waals surface area contributed by atoms with Gasteiger partial charge in [-0.2, -0.15) is 0 Å². The molecule has 0 bridgehead atoms. The second-order valence-electron chi connectivity index (χ2n) is 4.08. The lowest BCUT2D eigenvalue weighted by molar-refractivity contribution is -0.142. The summed E-state index contributed by atoms with van der Waals surface area (Å²) in [4.78, 5) is 23.5. The van der Waals surface area contributed by atoms with Crippen molar-refractivity contribution in [1.82, 2.24) is 4.90 Å². The lowest BCUT2D eigenvalue weighted by Gasteiger charge is -2.30. The minimum atomic E-state index is -1.18. The third-order valence-electron chi connectivity index (χ3n) is 2.88. The Balaban J connectivity index is 2.12. The van der Waals surface area contributed by atoms with Gasteiger partial charge in [-0.1, -0.05) is 18.2 Å². The van der Waals surface area contributed by atoms with Gasteiger partial charge in [0.1, 0.15) is 0 Å². The molecule has 1 aromatic carbocycles. The van der Waals surface area contributed by atoms with E-state index in [2.05, 4.69) is 5.32 Å². The van der Waals surface area contributed by atoms with E-state index in [1.807, 2.05) is 18.2 Å². The Bertz CT molecular complexity index is 466. The van der Waals surface area contributed by atoms with Crippen LogP contribution in [0.2, 0.25) is 0 Å². The van der Waals surface area contributed by atoms with Crippen LogP contribution in [0.3, 0.4) is 0 Å². The number of benzene rings is 1. The van der Waals surface area contributed by atoms with Crippen molar-refractivity contribution < 1.29 is 14.7 Å². The van der Waals surface area contributed by atoms with Crippen molar-refractivity contribution in [3.05, 3.63) is 30.3 Å². The fourth-order valence-electron chi connectivity index (χ4n) is 1.81. The van der Waals surface area contributed by atoms with Gasteiger partial charge in [0.05, 0.1) is 0 Å². The van der Waals surface area contributed by atoms with E-state index in [9.17, 15) is 14.7 Å². The Morgan fingerprint density at radius 2 is 2.06 bits per heavy atom. The lowest BCUT2D eigenvalue weighted by atomic mass is 10.3. The Hall–Kier alpha value is -1.69. The zero-order valence-electron chi connectivity index (χ0n) is 9.92.